The van der Waals surface area contributed by atoms with Crippen molar-refractivity contribution in [1.82, 2.24) is 15.3 Å². The lowest BCUT2D eigenvalue weighted by molar-refractivity contribution is -0.118. The van der Waals surface area contributed by atoms with Crippen LogP contribution in [0.1, 0.15) is 16.1 Å². The smallest absolute Gasteiger partial charge is 0.268 e. The first-order valence-electron chi connectivity index (χ1n) is 7.04. The summed E-state index contributed by atoms with van der Waals surface area (Å²) in [6.07, 6.45) is 3.68. The fourth-order valence-corrected chi connectivity index (χ4v) is 4.12. The van der Waals surface area contributed by atoms with Crippen LogP contribution in [0.2, 0.25) is 9.36 Å². The average Bonchev–Trinajstić information content (AvgIpc) is 3.08. The summed E-state index contributed by atoms with van der Waals surface area (Å²) in [5, 5.41) is 5.89. The molecule has 3 N–H and O–H groups in total. The third kappa shape index (κ3) is 2.54. The van der Waals surface area contributed by atoms with E-state index in [0.717, 1.165) is 16.0 Å². The number of rotatable bonds is 2. The van der Waals surface area contributed by atoms with E-state index in [2.05, 4.69) is 20.6 Å². The SMILES string of the molecule is O=C(NC1Cc2cnccc2NC1=O)c1cc2sc(Cl)c(Cl)c2[nH]1. The van der Waals surface area contributed by atoms with Gasteiger partial charge in [-0.2, -0.15) is 0 Å². The Morgan fingerprint density at radius 1 is 1.42 bits per heavy atom. The number of H-pyrrole nitrogens is 1. The summed E-state index contributed by atoms with van der Waals surface area (Å²) in [5.41, 5.74) is 2.56. The Kier molecular flexibility index (Phi) is 3.71. The molecule has 2 amide bonds. The highest BCUT2D eigenvalue weighted by atomic mass is 35.5. The molecule has 1 unspecified atom stereocenters. The molecular formula is C15H10Cl2N4O2S. The number of carbonyl (C=O) groups excluding carboxylic acids is 2. The van der Waals surface area contributed by atoms with Gasteiger partial charge < -0.3 is 15.6 Å². The van der Waals surface area contributed by atoms with Crippen LogP contribution in [-0.4, -0.2) is 27.8 Å². The van der Waals surface area contributed by atoms with Crippen molar-refractivity contribution in [3.63, 3.8) is 0 Å². The van der Waals surface area contributed by atoms with E-state index in [-0.39, 0.29) is 11.8 Å². The molecule has 6 nitrogen and oxygen atoms in total. The van der Waals surface area contributed by atoms with Crippen LogP contribution in [0.25, 0.3) is 10.2 Å². The van der Waals surface area contributed by atoms with Crippen molar-refractivity contribution in [2.45, 2.75) is 12.5 Å². The second-order valence-electron chi connectivity index (χ2n) is 5.36. The topological polar surface area (TPSA) is 86.9 Å². The number of pyridine rings is 1. The first kappa shape index (κ1) is 15.4. The zero-order valence-corrected chi connectivity index (χ0v) is 14.4. The van der Waals surface area contributed by atoms with Gasteiger partial charge in [0.2, 0.25) is 5.91 Å². The third-order valence-corrected chi connectivity index (χ3v) is 5.76. The molecule has 24 heavy (non-hydrogen) atoms. The molecule has 3 aromatic heterocycles. The van der Waals surface area contributed by atoms with E-state index in [0.29, 0.717) is 27.0 Å². The maximum absolute atomic E-state index is 12.4. The normalized spacial score (nSPS) is 16.8. The van der Waals surface area contributed by atoms with Crippen LogP contribution < -0.4 is 10.6 Å². The predicted molar refractivity (Wildman–Crippen MR) is 94.0 cm³/mol. The zero-order chi connectivity index (χ0) is 16.8. The first-order chi connectivity index (χ1) is 11.5. The van der Waals surface area contributed by atoms with E-state index in [1.807, 2.05) is 0 Å². The van der Waals surface area contributed by atoms with Gasteiger partial charge in [0.05, 0.1) is 15.2 Å². The van der Waals surface area contributed by atoms with Gasteiger partial charge in [-0.05, 0) is 17.7 Å². The van der Waals surface area contributed by atoms with Gasteiger partial charge in [0.15, 0.2) is 0 Å². The largest absolute Gasteiger partial charge is 0.349 e. The quantitative estimate of drug-likeness (QED) is 0.637. The molecular weight excluding hydrogens is 371 g/mol. The summed E-state index contributed by atoms with van der Waals surface area (Å²) < 4.78 is 1.26. The Hall–Kier alpha value is -2.09. The lowest BCUT2D eigenvalue weighted by Crippen LogP contribution is -2.47. The van der Waals surface area contributed by atoms with Gasteiger partial charge in [-0.1, -0.05) is 23.2 Å². The van der Waals surface area contributed by atoms with Crippen molar-refractivity contribution < 1.29 is 9.59 Å². The summed E-state index contributed by atoms with van der Waals surface area (Å²) in [5.74, 6) is -0.630. The van der Waals surface area contributed by atoms with Crippen LogP contribution in [0.15, 0.2) is 24.5 Å². The molecule has 0 fully saturated rings. The van der Waals surface area contributed by atoms with Gasteiger partial charge in [0.1, 0.15) is 16.1 Å². The van der Waals surface area contributed by atoms with E-state index in [1.165, 1.54) is 11.3 Å². The maximum atomic E-state index is 12.4. The maximum Gasteiger partial charge on any atom is 0.268 e. The second-order valence-corrected chi connectivity index (χ2v) is 7.40. The average molecular weight is 381 g/mol. The number of fused-ring (bicyclic) bond motifs is 2. The number of aromatic amines is 1. The van der Waals surface area contributed by atoms with Crippen LogP contribution in [0.5, 0.6) is 0 Å². The molecule has 1 atom stereocenters. The molecule has 1 aliphatic rings. The molecule has 0 bridgehead atoms. The molecule has 122 valence electrons. The molecule has 4 rings (SSSR count). The van der Waals surface area contributed by atoms with E-state index >= 15 is 0 Å². The van der Waals surface area contributed by atoms with Gasteiger partial charge in [0, 0.05) is 24.5 Å². The molecule has 9 heteroatoms. The number of nitrogens with zero attached hydrogens (tertiary/aromatic N) is 1. The van der Waals surface area contributed by atoms with Crippen molar-refractivity contribution in [1.29, 1.82) is 0 Å². The van der Waals surface area contributed by atoms with Crippen LogP contribution in [-0.2, 0) is 11.2 Å². The molecule has 0 radical (unpaired) electrons. The number of hydrogen-bond donors (Lipinski definition) is 3. The number of amides is 2. The molecule has 0 spiro atoms. The fraction of sp³-hybridized carbons (Fsp3) is 0.133. The summed E-state index contributed by atoms with van der Waals surface area (Å²) in [7, 11) is 0. The Balaban J connectivity index is 1.56. The third-order valence-electron chi connectivity index (χ3n) is 3.83. The van der Waals surface area contributed by atoms with Gasteiger partial charge in [0.25, 0.3) is 5.91 Å². The number of halogens is 2. The van der Waals surface area contributed by atoms with Crippen LogP contribution in [0.3, 0.4) is 0 Å². The minimum absolute atomic E-state index is 0.253. The Labute approximate surface area is 150 Å². The standard InChI is InChI=1S/C15H10Cl2N4O2S/c16-11-12-10(24-13(11)17)4-9(19-12)15(23)21-8-3-6-5-18-2-1-7(6)20-14(8)22/h1-2,4-5,8,19H,3H2,(H,20,22)(H,21,23). The van der Waals surface area contributed by atoms with Crippen molar-refractivity contribution in [2.75, 3.05) is 5.32 Å². The Morgan fingerprint density at radius 3 is 3.04 bits per heavy atom. The minimum atomic E-state index is -0.658. The second kappa shape index (κ2) is 5.77. The highest BCUT2D eigenvalue weighted by molar-refractivity contribution is 7.23. The molecule has 0 aliphatic carbocycles. The van der Waals surface area contributed by atoms with Crippen molar-refractivity contribution >= 4 is 62.3 Å². The van der Waals surface area contributed by atoms with Crippen LogP contribution in [0.4, 0.5) is 5.69 Å². The van der Waals surface area contributed by atoms with Gasteiger partial charge in [-0.15, -0.1) is 11.3 Å². The Morgan fingerprint density at radius 2 is 2.25 bits per heavy atom. The van der Waals surface area contributed by atoms with E-state index in [9.17, 15) is 9.59 Å². The van der Waals surface area contributed by atoms with Crippen molar-refractivity contribution in [3.05, 3.63) is 45.1 Å². The molecule has 0 saturated carbocycles. The summed E-state index contributed by atoms with van der Waals surface area (Å²) in [6, 6.07) is 2.74. The van der Waals surface area contributed by atoms with Crippen LogP contribution in [0, 0.1) is 0 Å². The molecule has 1 aliphatic heterocycles. The summed E-state index contributed by atoms with van der Waals surface area (Å²) >= 11 is 13.3. The summed E-state index contributed by atoms with van der Waals surface area (Å²) in [4.78, 5) is 31.6. The van der Waals surface area contributed by atoms with Crippen molar-refractivity contribution in [3.8, 4) is 0 Å². The highest BCUT2D eigenvalue weighted by Crippen LogP contribution is 2.38. The minimum Gasteiger partial charge on any atom is -0.349 e. The molecule has 4 heterocycles. The van der Waals surface area contributed by atoms with E-state index in [4.69, 9.17) is 23.2 Å². The fourth-order valence-electron chi connectivity index (χ4n) is 2.64. The molecule has 0 saturated heterocycles. The number of aromatic nitrogens is 2. The number of nitrogens with one attached hydrogen (secondary N) is 3. The monoisotopic (exact) mass is 380 g/mol. The Bertz CT molecular complexity index is 981. The van der Waals surface area contributed by atoms with Gasteiger partial charge in [-0.25, -0.2) is 0 Å². The lowest BCUT2D eigenvalue weighted by Gasteiger charge is -2.24. The van der Waals surface area contributed by atoms with Crippen molar-refractivity contribution in [2.24, 2.45) is 0 Å². The van der Waals surface area contributed by atoms with E-state index < -0.39 is 6.04 Å². The molecule has 0 aromatic carbocycles. The van der Waals surface area contributed by atoms with Gasteiger partial charge >= 0.3 is 0 Å². The lowest BCUT2D eigenvalue weighted by atomic mass is 10.0. The van der Waals surface area contributed by atoms with E-state index in [1.54, 1.807) is 24.5 Å². The first-order valence-corrected chi connectivity index (χ1v) is 8.61. The zero-order valence-electron chi connectivity index (χ0n) is 12.0. The number of hydrogen-bond acceptors (Lipinski definition) is 4. The number of thiophene rings is 1. The predicted octanol–water partition coefficient (Wildman–Crippen LogP) is 3.22. The number of anilines is 1. The van der Waals surface area contributed by atoms with Gasteiger partial charge in [-0.3, -0.25) is 14.6 Å². The summed E-state index contributed by atoms with van der Waals surface area (Å²) in [6.45, 7) is 0. The van der Waals surface area contributed by atoms with Crippen LogP contribution >= 0.6 is 34.5 Å². The number of carbonyl (C=O) groups is 2. The highest BCUT2D eigenvalue weighted by Gasteiger charge is 2.28. The molecule has 3 aromatic rings.